The van der Waals surface area contributed by atoms with E-state index in [0.717, 1.165) is 18.6 Å². The van der Waals surface area contributed by atoms with Crippen LogP contribution in [-0.4, -0.2) is 22.3 Å². The lowest BCUT2D eigenvalue weighted by Gasteiger charge is -2.22. The average molecular weight is 273 g/mol. The van der Waals surface area contributed by atoms with Gasteiger partial charge >= 0.3 is 0 Å². The third-order valence-electron chi connectivity index (χ3n) is 2.77. The lowest BCUT2D eigenvalue weighted by Crippen LogP contribution is -2.29. The molecule has 0 aromatic heterocycles. The van der Waals surface area contributed by atoms with Crippen molar-refractivity contribution in [1.82, 2.24) is 0 Å². The molecule has 0 aliphatic carbocycles. The van der Waals surface area contributed by atoms with Crippen LogP contribution in [0.1, 0.15) is 26.7 Å². The van der Waals surface area contributed by atoms with Crippen LogP contribution in [0.4, 0.5) is 0 Å². The van der Waals surface area contributed by atoms with Crippen LogP contribution in [-0.2, 0) is 0 Å². The first kappa shape index (κ1) is 14.9. The van der Waals surface area contributed by atoms with Crippen molar-refractivity contribution in [3.05, 3.63) is 30.3 Å². The van der Waals surface area contributed by atoms with Crippen LogP contribution in [0.2, 0.25) is 0 Å². The van der Waals surface area contributed by atoms with E-state index >= 15 is 0 Å². The second-order valence-corrected chi connectivity index (χ2v) is 6.05. The molecule has 3 heteroatoms. The van der Waals surface area contributed by atoms with Crippen LogP contribution in [0.15, 0.2) is 35.2 Å². The zero-order chi connectivity index (χ0) is 12.7. The van der Waals surface area contributed by atoms with Crippen molar-refractivity contribution in [3.8, 4) is 0 Å². The van der Waals surface area contributed by atoms with Gasteiger partial charge in [0.25, 0.3) is 0 Å². The van der Waals surface area contributed by atoms with Crippen molar-refractivity contribution in [2.45, 2.75) is 43.1 Å². The molecule has 0 saturated carbocycles. The van der Waals surface area contributed by atoms with E-state index in [0.29, 0.717) is 0 Å². The maximum Gasteiger partial charge on any atom is 0.0737 e. The van der Waals surface area contributed by atoms with Crippen LogP contribution >= 0.6 is 23.4 Å². The van der Waals surface area contributed by atoms with E-state index in [1.807, 2.05) is 18.2 Å². The lowest BCUT2D eigenvalue weighted by molar-refractivity contribution is 0.119. The summed E-state index contributed by atoms with van der Waals surface area (Å²) in [6, 6.07) is 10.3. The highest BCUT2D eigenvalue weighted by molar-refractivity contribution is 7.99. The minimum absolute atomic E-state index is 0.119. The van der Waals surface area contributed by atoms with Crippen molar-refractivity contribution in [2.75, 3.05) is 5.75 Å². The number of halogens is 1. The molecule has 1 aromatic carbocycles. The minimum atomic E-state index is -0.409. The lowest BCUT2D eigenvalue weighted by atomic mass is 10.0. The molecular weight excluding hydrogens is 252 g/mol. The summed E-state index contributed by atoms with van der Waals surface area (Å²) < 4.78 is 0. The molecular formula is C14H21ClOS. The Hall–Kier alpha value is -0.180. The number of rotatable bonds is 7. The highest BCUT2D eigenvalue weighted by atomic mass is 35.5. The Balaban J connectivity index is 2.36. The molecule has 0 radical (unpaired) electrons. The molecule has 0 aliphatic heterocycles. The van der Waals surface area contributed by atoms with E-state index in [-0.39, 0.29) is 11.3 Å². The zero-order valence-corrected chi connectivity index (χ0v) is 12.0. The van der Waals surface area contributed by atoms with Gasteiger partial charge in [-0.05, 0) is 24.5 Å². The number of alkyl halides is 1. The summed E-state index contributed by atoms with van der Waals surface area (Å²) >= 11 is 7.92. The smallest absolute Gasteiger partial charge is 0.0737 e. The highest BCUT2D eigenvalue weighted by Gasteiger charge is 2.22. The average Bonchev–Trinajstić information content (AvgIpc) is 2.36. The summed E-state index contributed by atoms with van der Waals surface area (Å²) in [5.74, 6) is 1.12. The third-order valence-corrected chi connectivity index (χ3v) is 4.55. The molecule has 0 fully saturated rings. The van der Waals surface area contributed by atoms with Gasteiger partial charge in [-0.1, -0.05) is 38.5 Å². The van der Waals surface area contributed by atoms with E-state index in [1.54, 1.807) is 11.8 Å². The van der Waals surface area contributed by atoms with Gasteiger partial charge < -0.3 is 5.11 Å². The van der Waals surface area contributed by atoms with Crippen LogP contribution < -0.4 is 0 Å². The molecule has 0 saturated heterocycles. The molecule has 1 aromatic rings. The van der Waals surface area contributed by atoms with Crippen LogP contribution in [0.5, 0.6) is 0 Å². The fraction of sp³-hybridized carbons (Fsp3) is 0.571. The van der Waals surface area contributed by atoms with Gasteiger partial charge in [-0.25, -0.2) is 0 Å². The first-order chi connectivity index (χ1) is 8.15. The van der Waals surface area contributed by atoms with Gasteiger partial charge in [-0.2, -0.15) is 0 Å². The predicted molar refractivity (Wildman–Crippen MR) is 76.9 cm³/mol. The minimum Gasteiger partial charge on any atom is -0.391 e. The summed E-state index contributed by atoms with van der Waals surface area (Å²) in [6.45, 7) is 4.15. The molecule has 0 bridgehead atoms. The topological polar surface area (TPSA) is 20.2 Å². The fourth-order valence-corrected chi connectivity index (χ4v) is 3.11. The number of thioether (sulfide) groups is 1. The van der Waals surface area contributed by atoms with Crippen molar-refractivity contribution in [3.63, 3.8) is 0 Å². The van der Waals surface area contributed by atoms with E-state index in [9.17, 15) is 5.11 Å². The van der Waals surface area contributed by atoms with Gasteiger partial charge in [0.05, 0.1) is 11.5 Å². The van der Waals surface area contributed by atoms with Gasteiger partial charge in [0, 0.05) is 10.6 Å². The Morgan fingerprint density at radius 3 is 2.53 bits per heavy atom. The third kappa shape index (κ3) is 5.33. The van der Waals surface area contributed by atoms with Crippen molar-refractivity contribution in [1.29, 1.82) is 0 Å². The summed E-state index contributed by atoms with van der Waals surface area (Å²) in [5.41, 5.74) is 0. The highest BCUT2D eigenvalue weighted by Crippen LogP contribution is 2.25. The molecule has 0 aliphatic rings. The molecule has 0 spiro atoms. The monoisotopic (exact) mass is 272 g/mol. The maximum atomic E-state index is 10.1. The Morgan fingerprint density at radius 1 is 1.29 bits per heavy atom. The van der Waals surface area contributed by atoms with Crippen LogP contribution in [0.3, 0.4) is 0 Å². The largest absolute Gasteiger partial charge is 0.391 e. The van der Waals surface area contributed by atoms with E-state index < -0.39 is 6.10 Å². The molecule has 1 rings (SSSR count). The Kier molecular flexibility index (Phi) is 7.02. The molecule has 96 valence electrons. The summed E-state index contributed by atoms with van der Waals surface area (Å²) in [7, 11) is 0. The Labute approximate surface area is 114 Å². The second-order valence-electron chi connectivity index (χ2n) is 4.40. The van der Waals surface area contributed by atoms with Crippen molar-refractivity contribution in [2.24, 2.45) is 5.92 Å². The SMILES string of the molecule is CCC[C@@H](Cl)[C@H](O)[C@H](C)CSc1ccccc1. The second kappa shape index (κ2) is 8.02. The van der Waals surface area contributed by atoms with Crippen molar-refractivity contribution < 1.29 is 5.11 Å². The molecule has 1 N–H and O–H groups in total. The Bertz CT molecular complexity index is 304. The van der Waals surface area contributed by atoms with Gasteiger partial charge in [-0.15, -0.1) is 23.4 Å². The van der Waals surface area contributed by atoms with Gasteiger partial charge in [0.15, 0.2) is 0 Å². The summed E-state index contributed by atoms with van der Waals surface area (Å²) in [4.78, 5) is 1.24. The van der Waals surface area contributed by atoms with Crippen LogP contribution in [0.25, 0.3) is 0 Å². The fourth-order valence-electron chi connectivity index (χ4n) is 1.65. The molecule has 3 atom stereocenters. The van der Waals surface area contributed by atoms with E-state index in [4.69, 9.17) is 11.6 Å². The number of aliphatic hydroxyl groups is 1. The molecule has 0 heterocycles. The summed E-state index contributed by atoms with van der Waals surface area (Å²) in [5, 5.41) is 9.93. The van der Waals surface area contributed by atoms with Crippen LogP contribution in [0, 0.1) is 5.92 Å². The van der Waals surface area contributed by atoms with Gasteiger partial charge in [-0.3, -0.25) is 0 Å². The van der Waals surface area contributed by atoms with Gasteiger partial charge in [0.2, 0.25) is 0 Å². The first-order valence-corrected chi connectivity index (χ1v) is 7.57. The molecule has 17 heavy (non-hydrogen) atoms. The zero-order valence-electron chi connectivity index (χ0n) is 10.5. The number of hydrogen-bond acceptors (Lipinski definition) is 2. The van der Waals surface area contributed by atoms with E-state index in [1.165, 1.54) is 4.90 Å². The number of benzene rings is 1. The molecule has 1 nitrogen and oxygen atoms in total. The maximum absolute atomic E-state index is 10.1. The number of hydrogen-bond donors (Lipinski definition) is 1. The number of aliphatic hydroxyl groups excluding tert-OH is 1. The molecule has 0 unspecified atom stereocenters. The Morgan fingerprint density at radius 2 is 1.94 bits per heavy atom. The predicted octanol–water partition coefficient (Wildman–Crippen LogP) is 4.18. The standard InChI is InChI=1S/C14H21ClOS/c1-3-7-13(15)14(16)11(2)10-17-12-8-5-4-6-9-12/h4-6,8-9,11,13-14,16H,3,7,10H2,1-2H3/t11-,13-,14-/m1/s1. The first-order valence-electron chi connectivity index (χ1n) is 6.15. The van der Waals surface area contributed by atoms with E-state index in [2.05, 4.69) is 26.0 Å². The summed E-state index contributed by atoms with van der Waals surface area (Å²) in [6.07, 6.45) is 1.49. The van der Waals surface area contributed by atoms with Crippen molar-refractivity contribution >= 4 is 23.4 Å². The van der Waals surface area contributed by atoms with Gasteiger partial charge in [0.1, 0.15) is 0 Å². The molecule has 0 amide bonds. The quantitative estimate of drug-likeness (QED) is 0.593. The normalized spacial score (nSPS) is 16.5.